The molecule has 2 saturated heterocycles. The minimum atomic E-state index is -2.95. The molecule has 6 nitrogen and oxygen atoms in total. The maximum absolute atomic E-state index is 12.0. The van der Waals surface area contributed by atoms with Crippen molar-refractivity contribution in [3.63, 3.8) is 0 Å². The first-order chi connectivity index (χ1) is 12.9. The summed E-state index contributed by atoms with van der Waals surface area (Å²) in [5.74, 6) is 0.449. The lowest BCUT2D eigenvalue weighted by molar-refractivity contribution is 0.0366. The quantitative estimate of drug-likeness (QED) is 0.718. The SMILES string of the molecule is Cc1ccc(NC(=S)N(CCCN2CCOCC2)[C@H]2CCS(=O)(=O)C2)cc1. The Morgan fingerprint density at radius 1 is 1.30 bits per heavy atom. The Morgan fingerprint density at radius 3 is 2.63 bits per heavy atom. The van der Waals surface area contributed by atoms with Crippen molar-refractivity contribution in [3.05, 3.63) is 29.8 Å². The van der Waals surface area contributed by atoms with Crippen LogP contribution in [0.25, 0.3) is 0 Å². The summed E-state index contributed by atoms with van der Waals surface area (Å²) in [5, 5.41) is 3.90. The van der Waals surface area contributed by atoms with E-state index in [-0.39, 0.29) is 17.5 Å². The van der Waals surface area contributed by atoms with Gasteiger partial charge < -0.3 is 15.0 Å². The zero-order valence-electron chi connectivity index (χ0n) is 15.9. The number of hydrogen-bond acceptors (Lipinski definition) is 5. The number of sulfone groups is 1. The summed E-state index contributed by atoms with van der Waals surface area (Å²) >= 11 is 5.66. The highest BCUT2D eigenvalue weighted by molar-refractivity contribution is 7.91. The maximum Gasteiger partial charge on any atom is 0.173 e. The first-order valence-corrected chi connectivity index (χ1v) is 11.8. The third kappa shape index (κ3) is 6.14. The van der Waals surface area contributed by atoms with Crippen LogP contribution in [0, 0.1) is 6.92 Å². The van der Waals surface area contributed by atoms with Gasteiger partial charge in [-0.3, -0.25) is 4.90 Å². The van der Waals surface area contributed by atoms with Gasteiger partial charge in [0.15, 0.2) is 14.9 Å². The topological polar surface area (TPSA) is 61.9 Å². The number of anilines is 1. The molecule has 0 aliphatic carbocycles. The van der Waals surface area contributed by atoms with E-state index in [1.165, 1.54) is 5.56 Å². The molecule has 2 heterocycles. The van der Waals surface area contributed by atoms with Gasteiger partial charge in [-0.15, -0.1) is 0 Å². The number of nitrogens with zero attached hydrogens (tertiary/aromatic N) is 2. The lowest BCUT2D eigenvalue weighted by atomic mass is 10.2. The first-order valence-electron chi connectivity index (χ1n) is 9.58. The molecular weight excluding hydrogens is 382 g/mol. The summed E-state index contributed by atoms with van der Waals surface area (Å²) in [6.45, 7) is 7.29. The van der Waals surface area contributed by atoms with Gasteiger partial charge in [0.1, 0.15) is 0 Å². The van der Waals surface area contributed by atoms with E-state index >= 15 is 0 Å². The molecule has 0 spiro atoms. The molecule has 1 aromatic rings. The van der Waals surface area contributed by atoms with Crippen LogP contribution >= 0.6 is 12.2 Å². The Labute approximate surface area is 167 Å². The van der Waals surface area contributed by atoms with Crippen molar-refractivity contribution < 1.29 is 13.2 Å². The van der Waals surface area contributed by atoms with Gasteiger partial charge in [-0.1, -0.05) is 17.7 Å². The molecular formula is C19H29N3O3S2. The van der Waals surface area contributed by atoms with Gasteiger partial charge in [0.2, 0.25) is 0 Å². The van der Waals surface area contributed by atoms with E-state index in [0.717, 1.165) is 51.5 Å². The van der Waals surface area contributed by atoms with Gasteiger partial charge in [0, 0.05) is 37.9 Å². The lowest BCUT2D eigenvalue weighted by Crippen LogP contribution is -2.45. The number of nitrogens with one attached hydrogen (secondary N) is 1. The van der Waals surface area contributed by atoms with Crippen LogP contribution in [0.15, 0.2) is 24.3 Å². The summed E-state index contributed by atoms with van der Waals surface area (Å²) in [5.41, 5.74) is 2.13. The number of rotatable bonds is 6. The second kappa shape index (κ2) is 9.32. The molecule has 0 radical (unpaired) electrons. The van der Waals surface area contributed by atoms with Crippen molar-refractivity contribution in [3.8, 4) is 0 Å². The summed E-state index contributed by atoms with van der Waals surface area (Å²) < 4.78 is 29.3. The van der Waals surface area contributed by atoms with E-state index in [2.05, 4.69) is 15.1 Å². The van der Waals surface area contributed by atoms with Crippen molar-refractivity contribution in [1.29, 1.82) is 0 Å². The van der Waals surface area contributed by atoms with Crippen LogP contribution in [-0.4, -0.2) is 80.3 Å². The Bertz CT molecular complexity index is 731. The predicted molar refractivity (Wildman–Crippen MR) is 113 cm³/mol. The van der Waals surface area contributed by atoms with Crippen molar-refractivity contribution in [2.75, 3.05) is 56.2 Å². The van der Waals surface area contributed by atoms with Crippen LogP contribution < -0.4 is 5.32 Å². The predicted octanol–water partition coefficient (Wildman–Crippen LogP) is 1.90. The first kappa shape index (κ1) is 20.5. The van der Waals surface area contributed by atoms with Crippen LogP contribution in [0.4, 0.5) is 5.69 Å². The van der Waals surface area contributed by atoms with E-state index in [9.17, 15) is 8.42 Å². The molecule has 0 saturated carbocycles. The Hall–Kier alpha value is -1.22. The van der Waals surface area contributed by atoms with E-state index in [4.69, 9.17) is 17.0 Å². The molecule has 0 aromatic heterocycles. The number of aryl methyl sites for hydroxylation is 1. The Morgan fingerprint density at radius 2 is 2.00 bits per heavy atom. The van der Waals surface area contributed by atoms with Gasteiger partial charge >= 0.3 is 0 Å². The number of ether oxygens (including phenoxy) is 1. The highest BCUT2D eigenvalue weighted by Crippen LogP contribution is 2.20. The van der Waals surface area contributed by atoms with Gasteiger partial charge in [0.05, 0.1) is 24.7 Å². The van der Waals surface area contributed by atoms with E-state index < -0.39 is 9.84 Å². The molecule has 1 N–H and O–H groups in total. The zero-order chi connectivity index (χ0) is 19.3. The zero-order valence-corrected chi connectivity index (χ0v) is 17.5. The highest BCUT2D eigenvalue weighted by Gasteiger charge is 2.33. The van der Waals surface area contributed by atoms with Crippen LogP contribution in [0.5, 0.6) is 0 Å². The molecule has 3 rings (SSSR count). The number of morpholine rings is 1. The minimum absolute atomic E-state index is 0.0369. The molecule has 1 aromatic carbocycles. The third-order valence-electron chi connectivity index (χ3n) is 5.19. The van der Waals surface area contributed by atoms with Crippen molar-refractivity contribution in [2.24, 2.45) is 0 Å². The van der Waals surface area contributed by atoms with Gasteiger partial charge in [-0.05, 0) is 44.1 Å². The molecule has 0 unspecified atom stereocenters. The van der Waals surface area contributed by atoms with Crippen molar-refractivity contribution in [1.82, 2.24) is 9.80 Å². The van der Waals surface area contributed by atoms with Crippen LogP contribution in [0.2, 0.25) is 0 Å². The van der Waals surface area contributed by atoms with E-state index in [1.54, 1.807) is 0 Å². The lowest BCUT2D eigenvalue weighted by Gasteiger charge is -2.33. The number of benzene rings is 1. The van der Waals surface area contributed by atoms with Gasteiger partial charge in [-0.2, -0.15) is 0 Å². The summed E-state index contributed by atoms with van der Waals surface area (Å²) in [6.07, 6.45) is 1.60. The minimum Gasteiger partial charge on any atom is -0.379 e. The molecule has 1 atom stereocenters. The molecule has 150 valence electrons. The molecule has 2 aliphatic rings. The molecule has 2 aliphatic heterocycles. The Balaban J connectivity index is 1.61. The summed E-state index contributed by atoms with van der Waals surface area (Å²) in [4.78, 5) is 4.48. The van der Waals surface area contributed by atoms with Crippen molar-refractivity contribution >= 4 is 32.9 Å². The largest absolute Gasteiger partial charge is 0.379 e. The second-order valence-corrected chi connectivity index (χ2v) is 9.97. The molecule has 0 bridgehead atoms. The molecule has 2 fully saturated rings. The maximum atomic E-state index is 12.0. The van der Waals surface area contributed by atoms with Gasteiger partial charge in [0.25, 0.3) is 0 Å². The van der Waals surface area contributed by atoms with Crippen LogP contribution in [0.3, 0.4) is 0 Å². The van der Waals surface area contributed by atoms with Crippen molar-refractivity contribution in [2.45, 2.75) is 25.8 Å². The standard InChI is InChI=1S/C19H29N3O3S2/c1-16-3-5-17(6-4-16)20-19(26)22(18-7-14-27(23,24)15-18)9-2-8-21-10-12-25-13-11-21/h3-6,18H,2,7-15H2,1H3,(H,20,26)/t18-/m0/s1. The fourth-order valence-electron chi connectivity index (χ4n) is 3.59. The average molecular weight is 412 g/mol. The van der Waals surface area contributed by atoms with Gasteiger partial charge in [-0.25, -0.2) is 8.42 Å². The number of thiocarbonyl (C=S) groups is 1. The molecule has 27 heavy (non-hydrogen) atoms. The average Bonchev–Trinajstić information content (AvgIpc) is 3.01. The third-order valence-corrected chi connectivity index (χ3v) is 7.28. The fraction of sp³-hybridized carbons (Fsp3) is 0.632. The van der Waals surface area contributed by atoms with Crippen LogP contribution in [-0.2, 0) is 14.6 Å². The molecule has 8 heteroatoms. The smallest absolute Gasteiger partial charge is 0.173 e. The normalized spacial score (nSPS) is 22.5. The summed E-state index contributed by atoms with van der Waals surface area (Å²) in [7, 11) is -2.95. The second-order valence-electron chi connectivity index (χ2n) is 7.35. The highest BCUT2D eigenvalue weighted by atomic mass is 32.2. The van der Waals surface area contributed by atoms with E-state index in [1.807, 2.05) is 31.2 Å². The van der Waals surface area contributed by atoms with Crippen LogP contribution in [0.1, 0.15) is 18.4 Å². The monoisotopic (exact) mass is 411 g/mol. The van der Waals surface area contributed by atoms with E-state index in [0.29, 0.717) is 11.5 Å². The summed E-state index contributed by atoms with van der Waals surface area (Å²) in [6, 6.07) is 8.03. The Kier molecular flexibility index (Phi) is 7.08. The fourth-order valence-corrected chi connectivity index (χ4v) is 5.68. The molecule has 0 amide bonds. The number of hydrogen-bond donors (Lipinski definition) is 1.